The Morgan fingerprint density at radius 3 is 2.58 bits per heavy atom. The van der Waals surface area contributed by atoms with Crippen molar-refractivity contribution in [1.29, 1.82) is 0 Å². The van der Waals surface area contributed by atoms with Gasteiger partial charge in [-0.05, 0) is 12.5 Å². The summed E-state index contributed by atoms with van der Waals surface area (Å²) < 4.78 is 0. The molecule has 1 aromatic rings. The minimum Gasteiger partial charge on any atom is -0.314 e. The van der Waals surface area contributed by atoms with Crippen LogP contribution in [0.5, 0.6) is 0 Å². The van der Waals surface area contributed by atoms with Crippen molar-refractivity contribution >= 4 is 11.6 Å². The highest BCUT2D eigenvalue weighted by Gasteiger charge is 2.53. The normalized spacial score (nSPS) is 32.2. The Balaban J connectivity index is 1.87. The van der Waals surface area contributed by atoms with E-state index in [9.17, 15) is 9.59 Å². The molecule has 100 valence electrons. The van der Waals surface area contributed by atoms with Crippen LogP contribution in [0.3, 0.4) is 0 Å². The maximum absolute atomic E-state index is 12.0. The number of nitrogens with zero attached hydrogens (tertiary/aromatic N) is 1. The van der Waals surface area contributed by atoms with Crippen molar-refractivity contribution in [1.82, 2.24) is 10.2 Å². The van der Waals surface area contributed by atoms with Gasteiger partial charge in [0.05, 0.1) is 12.0 Å². The number of rotatable bonds is 2. The van der Waals surface area contributed by atoms with Gasteiger partial charge in [-0.15, -0.1) is 0 Å². The van der Waals surface area contributed by atoms with E-state index < -0.39 is 0 Å². The number of ketones is 2. The highest BCUT2D eigenvalue weighted by molar-refractivity contribution is 6.49. The molecule has 1 aliphatic heterocycles. The van der Waals surface area contributed by atoms with E-state index in [1.54, 1.807) is 0 Å². The molecule has 0 spiro atoms. The molecule has 1 saturated carbocycles. The van der Waals surface area contributed by atoms with E-state index in [1.807, 2.05) is 30.3 Å². The highest BCUT2D eigenvalue weighted by Crippen LogP contribution is 2.35. The first-order valence-electron chi connectivity index (χ1n) is 6.79. The van der Waals surface area contributed by atoms with Crippen LogP contribution in [0.25, 0.3) is 0 Å². The molecule has 0 amide bonds. The summed E-state index contributed by atoms with van der Waals surface area (Å²) in [5.41, 5.74) is 0.961. The number of Topliss-reactive ketones (excluding diaryl/α,β-unsaturated/α-hetero) is 2. The van der Waals surface area contributed by atoms with E-state index in [0.29, 0.717) is 6.04 Å². The van der Waals surface area contributed by atoms with Crippen LogP contribution in [0, 0.1) is 0 Å². The fourth-order valence-electron chi connectivity index (χ4n) is 3.10. The molecule has 4 heteroatoms. The average Bonchev–Trinajstić information content (AvgIpc) is 2.46. The van der Waals surface area contributed by atoms with Crippen molar-refractivity contribution in [3.05, 3.63) is 35.9 Å². The van der Waals surface area contributed by atoms with Gasteiger partial charge in [0.2, 0.25) is 11.6 Å². The summed E-state index contributed by atoms with van der Waals surface area (Å²) in [6, 6.07) is 9.68. The smallest absolute Gasteiger partial charge is 0.217 e. The highest BCUT2D eigenvalue weighted by atomic mass is 16.2. The van der Waals surface area contributed by atoms with E-state index in [-0.39, 0.29) is 23.5 Å². The van der Waals surface area contributed by atoms with Crippen LogP contribution in [0.1, 0.15) is 18.4 Å². The average molecular weight is 258 g/mol. The van der Waals surface area contributed by atoms with Crippen molar-refractivity contribution in [3.63, 3.8) is 0 Å². The summed E-state index contributed by atoms with van der Waals surface area (Å²) in [5.74, 6) is -0.723. The zero-order chi connectivity index (χ0) is 13.4. The quantitative estimate of drug-likeness (QED) is 0.789. The standard InChI is InChI=1S/C15H18N2O2/c1-10-9-16-7-8-17(10)13-12(14(18)15(13)19)11-5-3-2-4-6-11/h2-6,10,12-13,16H,7-9H2,1H3/t10-,12?,13?/m1/s1. The maximum Gasteiger partial charge on any atom is 0.217 e. The second-order valence-electron chi connectivity index (χ2n) is 5.35. The first-order chi connectivity index (χ1) is 9.20. The van der Waals surface area contributed by atoms with E-state index in [1.165, 1.54) is 0 Å². The predicted molar refractivity (Wildman–Crippen MR) is 72.0 cm³/mol. The fourth-order valence-corrected chi connectivity index (χ4v) is 3.10. The van der Waals surface area contributed by atoms with Crippen molar-refractivity contribution in [2.75, 3.05) is 19.6 Å². The molecule has 2 fully saturated rings. The molecule has 3 atom stereocenters. The molecule has 1 aliphatic carbocycles. The lowest BCUT2D eigenvalue weighted by atomic mass is 9.71. The van der Waals surface area contributed by atoms with Gasteiger partial charge in [0, 0.05) is 25.7 Å². The van der Waals surface area contributed by atoms with Crippen LogP contribution in [0.2, 0.25) is 0 Å². The van der Waals surface area contributed by atoms with E-state index in [0.717, 1.165) is 25.2 Å². The molecule has 2 aliphatic rings. The van der Waals surface area contributed by atoms with Crippen molar-refractivity contribution in [3.8, 4) is 0 Å². The Labute approximate surface area is 112 Å². The summed E-state index contributed by atoms with van der Waals surface area (Å²) in [4.78, 5) is 26.1. The SMILES string of the molecule is C[C@@H]1CNCCN1C1C(=O)C(=O)C1c1ccccc1. The second-order valence-corrected chi connectivity index (χ2v) is 5.35. The predicted octanol–water partition coefficient (Wildman–Crippen LogP) is 0.584. The summed E-state index contributed by atoms with van der Waals surface area (Å²) in [7, 11) is 0. The molecule has 1 aromatic carbocycles. The number of hydrogen-bond acceptors (Lipinski definition) is 4. The Morgan fingerprint density at radius 1 is 1.16 bits per heavy atom. The summed E-state index contributed by atoms with van der Waals surface area (Å²) in [6.07, 6.45) is 0. The topological polar surface area (TPSA) is 49.4 Å². The second kappa shape index (κ2) is 4.87. The fraction of sp³-hybridized carbons (Fsp3) is 0.467. The number of benzene rings is 1. The van der Waals surface area contributed by atoms with E-state index in [4.69, 9.17) is 0 Å². The largest absolute Gasteiger partial charge is 0.314 e. The number of hydrogen-bond donors (Lipinski definition) is 1. The van der Waals surface area contributed by atoms with Crippen LogP contribution < -0.4 is 5.32 Å². The molecule has 0 radical (unpaired) electrons. The van der Waals surface area contributed by atoms with Crippen molar-refractivity contribution < 1.29 is 9.59 Å². The molecule has 1 saturated heterocycles. The lowest BCUT2D eigenvalue weighted by Crippen LogP contribution is -2.65. The Bertz CT molecular complexity index is 500. The maximum atomic E-state index is 12.0. The van der Waals surface area contributed by atoms with Gasteiger partial charge in [-0.2, -0.15) is 0 Å². The van der Waals surface area contributed by atoms with Gasteiger partial charge < -0.3 is 5.32 Å². The Morgan fingerprint density at radius 2 is 1.89 bits per heavy atom. The summed E-state index contributed by atoms with van der Waals surface area (Å²) in [5, 5.41) is 3.31. The van der Waals surface area contributed by atoms with Gasteiger partial charge >= 0.3 is 0 Å². The van der Waals surface area contributed by atoms with E-state index >= 15 is 0 Å². The van der Waals surface area contributed by atoms with Gasteiger partial charge in [-0.25, -0.2) is 0 Å². The Hall–Kier alpha value is -1.52. The number of carbonyl (C=O) groups is 2. The molecule has 2 unspecified atom stereocenters. The molecule has 1 heterocycles. The van der Waals surface area contributed by atoms with Crippen molar-refractivity contribution in [2.45, 2.75) is 24.9 Å². The zero-order valence-corrected chi connectivity index (χ0v) is 11.0. The number of piperazine rings is 1. The minimum atomic E-state index is -0.269. The zero-order valence-electron chi connectivity index (χ0n) is 11.0. The van der Waals surface area contributed by atoms with Crippen LogP contribution in [-0.2, 0) is 9.59 Å². The molecule has 0 bridgehead atoms. The van der Waals surface area contributed by atoms with Crippen LogP contribution in [0.4, 0.5) is 0 Å². The first kappa shape index (κ1) is 12.5. The molecular formula is C15H18N2O2. The summed E-state index contributed by atoms with van der Waals surface area (Å²) >= 11 is 0. The van der Waals surface area contributed by atoms with Gasteiger partial charge in [-0.1, -0.05) is 30.3 Å². The lowest BCUT2D eigenvalue weighted by molar-refractivity contribution is -0.152. The molecule has 0 aromatic heterocycles. The van der Waals surface area contributed by atoms with Crippen LogP contribution in [-0.4, -0.2) is 48.2 Å². The lowest BCUT2D eigenvalue weighted by Gasteiger charge is -2.46. The van der Waals surface area contributed by atoms with Crippen LogP contribution in [0.15, 0.2) is 30.3 Å². The molecule has 1 N–H and O–H groups in total. The third-order valence-corrected chi connectivity index (χ3v) is 4.18. The van der Waals surface area contributed by atoms with Crippen LogP contribution >= 0.6 is 0 Å². The monoisotopic (exact) mass is 258 g/mol. The third kappa shape index (κ3) is 2.01. The molecule has 19 heavy (non-hydrogen) atoms. The number of carbonyl (C=O) groups excluding carboxylic acids is 2. The number of nitrogens with one attached hydrogen (secondary N) is 1. The van der Waals surface area contributed by atoms with E-state index in [2.05, 4.69) is 17.1 Å². The Kier molecular flexibility index (Phi) is 3.21. The molecule has 3 rings (SSSR count). The molecular weight excluding hydrogens is 240 g/mol. The van der Waals surface area contributed by atoms with Gasteiger partial charge in [0.15, 0.2) is 0 Å². The minimum absolute atomic E-state index is 0.220. The van der Waals surface area contributed by atoms with Crippen molar-refractivity contribution in [2.24, 2.45) is 0 Å². The summed E-state index contributed by atoms with van der Waals surface area (Å²) in [6.45, 7) is 4.68. The van der Waals surface area contributed by atoms with Gasteiger partial charge in [0.25, 0.3) is 0 Å². The third-order valence-electron chi connectivity index (χ3n) is 4.18. The first-order valence-corrected chi connectivity index (χ1v) is 6.79. The molecule has 4 nitrogen and oxygen atoms in total. The van der Waals surface area contributed by atoms with Gasteiger partial charge in [0.1, 0.15) is 0 Å². The van der Waals surface area contributed by atoms with Gasteiger partial charge in [-0.3, -0.25) is 14.5 Å².